The Kier molecular flexibility index (Phi) is 7.00. The van der Waals surface area contributed by atoms with Crippen molar-refractivity contribution in [2.45, 2.75) is 70.7 Å². The lowest BCUT2D eigenvalue weighted by Gasteiger charge is -2.16. The second kappa shape index (κ2) is 9.48. The molecule has 1 saturated carbocycles. The molecule has 1 amide bonds. The number of carbonyl (C=O) groups is 2. The SMILES string of the molecule is Cc1nc(SCC(=O)Nc2ccc(C(=O)OC(C)C)cc2)n(C2CCCC2)c1C. The molecule has 1 aromatic carbocycles. The number of esters is 1. The number of thioether (sulfide) groups is 1. The highest BCUT2D eigenvalue weighted by molar-refractivity contribution is 7.99. The third-order valence-electron chi connectivity index (χ3n) is 5.12. The topological polar surface area (TPSA) is 73.2 Å². The fourth-order valence-electron chi connectivity index (χ4n) is 3.59. The average molecular weight is 416 g/mol. The van der Waals surface area contributed by atoms with Gasteiger partial charge in [-0.2, -0.15) is 0 Å². The number of imidazole rings is 1. The first-order chi connectivity index (χ1) is 13.8. The maximum absolute atomic E-state index is 12.4. The van der Waals surface area contributed by atoms with E-state index in [4.69, 9.17) is 4.74 Å². The van der Waals surface area contributed by atoms with Crippen LogP contribution in [-0.2, 0) is 9.53 Å². The van der Waals surface area contributed by atoms with Crippen molar-refractivity contribution in [3.05, 3.63) is 41.2 Å². The molecule has 1 N–H and O–H groups in total. The number of carbonyl (C=O) groups excluding carboxylic acids is 2. The summed E-state index contributed by atoms with van der Waals surface area (Å²) in [4.78, 5) is 29.0. The van der Waals surface area contributed by atoms with Crippen molar-refractivity contribution in [1.29, 1.82) is 0 Å². The van der Waals surface area contributed by atoms with Gasteiger partial charge < -0.3 is 14.6 Å². The molecule has 2 aromatic rings. The molecule has 0 saturated heterocycles. The Bertz CT molecular complexity index is 868. The highest BCUT2D eigenvalue weighted by Crippen LogP contribution is 2.35. The standard InChI is InChI=1S/C22H29N3O3S/c1-14(2)28-21(27)17-9-11-18(12-10-17)24-20(26)13-29-22-23-15(3)16(4)25(22)19-7-5-6-8-19/h9-12,14,19H,5-8,13H2,1-4H3,(H,24,26). The molecule has 0 atom stereocenters. The van der Waals surface area contributed by atoms with E-state index in [1.54, 1.807) is 24.3 Å². The van der Waals surface area contributed by atoms with Gasteiger partial charge in [-0.15, -0.1) is 0 Å². The lowest BCUT2D eigenvalue weighted by atomic mass is 10.2. The smallest absolute Gasteiger partial charge is 0.338 e. The summed E-state index contributed by atoms with van der Waals surface area (Å²) in [6, 6.07) is 7.25. The van der Waals surface area contributed by atoms with Crippen LogP contribution in [0, 0.1) is 13.8 Å². The van der Waals surface area contributed by atoms with Crippen molar-refractivity contribution in [3.8, 4) is 0 Å². The van der Waals surface area contributed by atoms with Crippen molar-refractivity contribution >= 4 is 29.3 Å². The molecule has 1 aromatic heterocycles. The number of amides is 1. The molecule has 7 heteroatoms. The third-order valence-corrected chi connectivity index (χ3v) is 6.08. The van der Waals surface area contributed by atoms with Gasteiger partial charge in [0.2, 0.25) is 5.91 Å². The van der Waals surface area contributed by atoms with Gasteiger partial charge in [-0.25, -0.2) is 9.78 Å². The molecule has 0 unspecified atom stereocenters. The maximum Gasteiger partial charge on any atom is 0.338 e. The van der Waals surface area contributed by atoms with Gasteiger partial charge in [-0.3, -0.25) is 4.79 Å². The van der Waals surface area contributed by atoms with E-state index in [0.717, 1.165) is 10.9 Å². The minimum atomic E-state index is -0.363. The summed E-state index contributed by atoms with van der Waals surface area (Å²) in [5.74, 6) is -0.165. The van der Waals surface area contributed by atoms with E-state index in [0.29, 0.717) is 23.0 Å². The predicted molar refractivity (Wildman–Crippen MR) is 116 cm³/mol. The Hall–Kier alpha value is -2.28. The largest absolute Gasteiger partial charge is 0.459 e. The van der Waals surface area contributed by atoms with E-state index >= 15 is 0 Å². The lowest BCUT2D eigenvalue weighted by Crippen LogP contribution is -2.16. The number of hydrogen-bond donors (Lipinski definition) is 1. The van der Waals surface area contributed by atoms with Crippen molar-refractivity contribution < 1.29 is 14.3 Å². The minimum Gasteiger partial charge on any atom is -0.459 e. The first kappa shape index (κ1) is 21.4. The molecular formula is C22H29N3O3S. The van der Waals surface area contributed by atoms with E-state index < -0.39 is 0 Å². The number of benzene rings is 1. The number of aryl methyl sites for hydroxylation is 1. The molecule has 156 valence electrons. The van der Waals surface area contributed by atoms with Crippen LogP contribution < -0.4 is 5.32 Å². The van der Waals surface area contributed by atoms with Crippen LogP contribution in [0.4, 0.5) is 5.69 Å². The summed E-state index contributed by atoms with van der Waals surface area (Å²) in [7, 11) is 0. The summed E-state index contributed by atoms with van der Waals surface area (Å²) >= 11 is 1.48. The number of hydrogen-bond acceptors (Lipinski definition) is 5. The van der Waals surface area contributed by atoms with Crippen LogP contribution in [0.2, 0.25) is 0 Å². The molecule has 6 nitrogen and oxygen atoms in total. The zero-order valence-electron chi connectivity index (χ0n) is 17.5. The molecular weight excluding hydrogens is 386 g/mol. The number of aromatic nitrogens is 2. The number of nitrogens with zero attached hydrogens (tertiary/aromatic N) is 2. The van der Waals surface area contributed by atoms with Crippen molar-refractivity contribution in [2.75, 3.05) is 11.1 Å². The van der Waals surface area contributed by atoms with Crippen LogP contribution in [0.15, 0.2) is 29.4 Å². The van der Waals surface area contributed by atoms with Gasteiger partial charge in [0.1, 0.15) is 0 Å². The van der Waals surface area contributed by atoms with Crippen molar-refractivity contribution in [3.63, 3.8) is 0 Å². The number of nitrogens with one attached hydrogen (secondary N) is 1. The first-order valence-electron chi connectivity index (χ1n) is 10.1. The molecule has 1 aliphatic carbocycles. The van der Waals surface area contributed by atoms with E-state index in [9.17, 15) is 9.59 Å². The van der Waals surface area contributed by atoms with E-state index in [-0.39, 0.29) is 18.0 Å². The van der Waals surface area contributed by atoms with Crippen molar-refractivity contribution in [1.82, 2.24) is 9.55 Å². The summed E-state index contributed by atoms with van der Waals surface area (Å²) in [6.07, 6.45) is 4.71. The molecule has 3 rings (SSSR count). The second-order valence-corrected chi connectivity index (χ2v) is 8.68. The van der Waals surface area contributed by atoms with Gasteiger partial charge in [0.15, 0.2) is 5.16 Å². The Labute approximate surface area is 176 Å². The monoisotopic (exact) mass is 415 g/mol. The highest BCUT2D eigenvalue weighted by Gasteiger charge is 2.23. The molecule has 0 aliphatic heterocycles. The third kappa shape index (κ3) is 5.41. The van der Waals surface area contributed by atoms with Gasteiger partial charge in [0.25, 0.3) is 0 Å². The molecule has 0 bridgehead atoms. The Balaban J connectivity index is 1.58. The molecule has 29 heavy (non-hydrogen) atoms. The molecule has 0 radical (unpaired) electrons. The quantitative estimate of drug-likeness (QED) is 0.514. The van der Waals surface area contributed by atoms with E-state index in [2.05, 4.69) is 21.8 Å². The van der Waals surface area contributed by atoms with E-state index in [1.807, 2.05) is 20.8 Å². The second-order valence-electron chi connectivity index (χ2n) is 7.74. The molecule has 0 spiro atoms. The van der Waals surface area contributed by atoms with Crippen LogP contribution in [-0.4, -0.2) is 33.3 Å². The minimum absolute atomic E-state index is 0.0937. The average Bonchev–Trinajstić information content (AvgIpc) is 3.28. The van der Waals surface area contributed by atoms with Gasteiger partial charge in [0.05, 0.1) is 23.1 Å². The Morgan fingerprint density at radius 1 is 1.21 bits per heavy atom. The van der Waals surface area contributed by atoms with Crippen LogP contribution >= 0.6 is 11.8 Å². The lowest BCUT2D eigenvalue weighted by molar-refractivity contribution is -0.113. The number of ether oxygens (including phenoxy) is 1. The Morgan fingerprint density at radius 3 is 2.48 bits per heavy atom. The van der Waals surface area contributed by atoms with Gasteiger partial charge in [0, 0.05) is 17.4 Å². The normalized spacial score (nSPS) is 14.4. The summed E-state index contributed by atoms with van der Waals surface area (Å²) in [6.45, 7) is 7.75. The zero-order valence-corrected chi connectivity index (χ0v) is 18.3. The van der Waals surface area contributed by atoms with Crippen LogP contribution in [0.25, 0.3) is 0 Å². The Morgan fingerprint density at radius 2 is 1.86 bits per heavy atom. The summed E-state index contributed by atoms with van der Waals surface area (Å²) in [5.41, 5.74) is 3.35. The maximum atomic E-state index is 12.4. The fraction of sp³-hybridized carbons (Fsp3) is 0.500. The van der Waals surface area contributed by atoms with Crippen molar-refractivity contribution in [2.24, 2.45) is 0 Å². The molecule has 1 heterocycles. The van der Waals surface area contributed by atoms with Gasteiger partial charge >= 0.3 is 5.97 Å². The summed E-state index contributed by atoms with van der Waals surface area (Å²) < 4.78 is 7.49. The molecule has 1 fully saturated rings. The van der Waals surface area contributed by atoms with Crippen LogP contribution in [0.3, 0.4) is 0 Å². The zero-order chi connectivity index (χ0) is 21.0. The fourth-order valence-corrected chi connectivity index (χ4v) is 4.55. The highest BCUT2D eigenvalue weighted by atomic mass is 32.2. The van der Waals surface area contributed by atoms with E-state index in [1.165, 1.54) is 43.1 Å². The predicted octanol–water partition coefficient (Wildman–Crippen LogP) is 4.91. The molecule has 1 aliphatic rings. The van der Waals surface area contributed by atoms with Gasteiger partial charge in [-0.1, -0.05) is 24.6 Å². The van der Waals surface area contributed by atoms with Crippen LogP contribution in [0.1, 0.15) is 67.3 Å². The first-order valence-corrected chi connectivity index (χ1v) is 11.1. The van der Waals surface area contributed by atoms with Crippen LogP contribution in [0.5, 0.6) is 0 Å². The van der Waals surface area contributed by atoms with Gasteiger partial charge in [-0.05, 0) is 64.8 Å². The number of anilines is 1. The number of rotatable bonds is 7. The summed E-state index contributed by atoms with van der Waals surface area (Å²) in [5, 5.41) is 3.81.